The Morgan fingerprint density at radius 3 is 2.34 bits per heavy atom. The lowest BCUT2D eigenvalue weighted by molar-refractivity contribution is 0.652. The van der Waals surface area contributed by atoms with Crippen LogP contribution in [0.4, 0.5) is 11.6 Å². The minimum absolute atomic E-state index is 0.0112. The van der Waals surface area contributed by atoms with Crippen LogP contribution in [0.1, 0.15) is 18.1 Å². The molecule has 2 aromatic carbocycles. The molecule has 0 spiro atoms. The third-order valence-electron chi connectivity index (χ3n) is 6.04. The van der Waals surface area contributed by atoms with Gasteiger partial charge in [-0.25, -0.2) is 4.79 Å². The molecule has 0 unspecified atom stereocenters. The zero-order valence-electron chi connectivity index (χ0n) is 17.7. The van der Waals surface area contributed by atoms with E-state index in [1.165, 1.54) is 14.7 Å². The number of fused-ring (bicyclic) bond motifs is 3. The molecular formula is C23H21Cl2N5O2. The third-order valence-corrected chi connectivity index (χ3v) is 6.74. The van der Waals surface area contributed by atoms with Crippen LogP contribution in [0.5, 0.6) is 0 Å². The highest BCUT2D eigenvalue weighted by Gasteiger charge is 2.29. The fraction of sp³-hybridized carbons (Fsp3) is 0.261. The van der Waals surface area contributed by atoms with Crippen molar-refractivity contribution in [1.29, 1.82) is 0 Å². The minimum atomic E-state index is -0.464. The van der Waals surface area contributed by atoms with E-state index in [9.17, 15) is 9.59 Å². The number of nitrogens with zero attached hydrogens (tertiary/aromatic N) is 5. The number of benzene rings is 2. The zero-order chi connectivity index (χ0) is 22.6. The van der Waals surface area contributed by atoms with Crippen LogP contribution in [-0.2, 0) is 26.6 Å². The first kappa shape index (κ1) is 20.8. The number of aryl methyl sites for hydroxylation is 2. The summed E-state index contributed by atoms with van der Waals surface area (Å²) in [5.41, 5.74) is 2.70. The van der Waals surface area contributed by atoms with Gasteiger partial charge in [-0.05, 0) is 36.2 Å². The summed E-state index contributed by atoms with van der Waals surface area (Å²) < 4.78 is 4.46. The summed E-state index contributed by atoms with van der Waals surface area (Å²) in [7, 11) is 1.62. The number of imidazole rings is 1. The minimum Gasteiger partial charge on any atom is -0.310 e. The molecule has 0 saturated carbocycles. The molecule has 0 fully saturated rings. The molecule has 0 N–H and O–H groups in total. The van der Waals surface area contributed by atoms with Crippen LogP contribution < -0.4 is 16.1 Å². The molecule has 5 rings (SSSR count). The monoisotopic (exact) mass is 469 g/mol. The average molecular weight is 470 g/mol. The molecular weight excluding hydrogens is 449 g/mol. The van der Waals surface area contributed by atoms with E-state index in [0.717, 1.165) is 12.1 Å². The van der Waals surface area contributed by atoms with Crippen molar-refractivity contribution in [3.63, 3.8) is 0 Å². The molecule has 32 heavy (non-hydrogen) atoms. The Morgan fingerprint density at radius 2 is 1.69 bits per heavy atom. The van der Waals surface area contributed by atoms with Gasteiger partial charge in [0, 0.05) is 41.4 Å². The third kappa shape index (κ3) is 3.15. The molecule has 0 bridgehead atoms. The van der Waals surface area contributed by atoms with Gasteiger partial charge in [-0.15, -0.1) is 0 Å². The van der Waals surface area contributed by atoms with Gasteiger partial charge in [0.05, 0.1) is 6.54 Å². The van der Waals surface area contributed by atoms with Gasteiger partial charge >= 0.3 is 5.69 Å². The van der Waals surface area contributed by atoms with Gasteiger partial charge in [0.25, 0.3) is 5.56 Å². The largest absolute Gasteiger partial charge is 0.332 e. The topological polar surface area (TPSA) is 65.1 Å². The Labute approximate surface area is 194 Å². The first-order chi connectivity index (χ1) is 15.4. The maximum absolute atomic E-state index is 13.5. The zero-order valence-corrected chi connectivity index (χ0v) is 19.2. The average Bonchev–Trinajstić information content (AvgIpc) is 3.36. The van der Waals surface area contributed by atoms with Gasteiger partial charge in [0.2, 0.25) is 5.95 Å². The van der Waals surface area contributed by atoms with E-state index in [0.29, 0.717) is 45.8 Å². The number of aromatic nitrogens is 4. The molecule has 4 aromatic rings. The lowest BCUT2D eigenvalue weighted by Crippen LogP contribution is -2.40. The molecule has 1 aliphatic rings. The summed E-state index contributed by atoms with van der Waals surface area (Å²) in [5.74, 6) is 0.657. The molecule has 0 aliphatic carbocycles. The summed E-state index contributed by atoms with van der Waals surface area (Å²) in [6, 6.07) is 13.4. The van der Waals surface area contributed by atoms with Crippen molar-refractivity contribution in [1.82, 2.24) is 18.7 Å². The lowest BCUT2D eigenvalue weighted by Gasteiger charge is -2.16. The van der Waals surface area contributed by atoms with Gasteiger partial charge in [-0.3, -0.25) is 13.9 Å². The second kappa shape index (κ2) is 7.83. The highest BCUT2D eigenvalue weighted by molar-refractivity contribution is 6.35. The van der Waals surface area contributed by atoms with Crippen LogP contribution in [-0.4, -0.2) is 25.2 Å². The molecule has 0 atom stereocenters. The molecule has 3 heterocycles. The van der Waals surface area contributed by atoms with Gasteiger partial charge in [-0.2, -0.15) is 4.98 Å². The van der Waals surface area contributed by atoms with Gasteiger partial charge in [0.15, 0.2) is 11.2 Å². The second-order valence-corrected chi connectivity index (χ2v) is 8.65. The smallest absolute Gasteiger partial charge is 0.310 e. The fourth-order valence-corrected chi connectivity index (χ4v) is 4.73. The van der Waals surface area contributed by atoms with E-state index >= 15 is 0 Å². The Bertz CT molecular complexity index is 1450. The van der Waals surface area contributed by atoms with Crippen molar-refractivity contribution in [2.24, 2.45) is 7.05 Å². The summed E-state index contributed by atoms with van der Waals surface area (Å²) in [4.78, 5) is 33.3. The number of halogens is 2. The number of hydrogen-bond donors (Lipinski definition) is 0. The van der Waals surface area contributed by atoms with Crippen LogP contribution >= 0.6 is 23.2 Å². The van der Waals surface area contributed by atoms with E-state index in [2.05, 4.69) is 41.1 Å². The van der Waals surface area contributed by atoms with Crippen LogP contribution in [0.15, 0.2) is 52.1 Å². The van der Waals surface area contributed by atoms with Crippen LogP contribution in [0.3, 0.4) is 0 Å². The summed E-state index contributed by atoms with van der Waals surface area (Å²) in [6.07, 6.45) is 0.968. The lowest BCUT2D eigenvalue weighted by atomic mass is 10.1. The highest BCUT2D eigenvalue weighted by atomic mass is 35.5. The Hall–Kier alpha value is -3.03. The second-order valence-electron chi connectivity index (χ2n) is 7.84. The van der Waals surface area contributed by atoms with E-state index in [4.69, 9.17) is 23.2 Å². The molecule has 164 valence electrons. The standard InChI is InChI=1S/C23H21Cl2N5O2/c1-3-14-7-9-15(10-8-14)28-11-12-29-19-20(26-22(28)29)27(2)23(32)30(21(19)31)13-16-17(24)5-4-6-18(16)25/h4-10H,3,11-13H2,1-2H3. The molecule has 1 aliphatic heterocycles. The van der Waals surface area contributed by atoms with Crippen LogP contribution in [0, 0.1) is 0 Å². The SMILES string of the molecule is CCc1ccc(N2CCn3c2nc2c3c(=O)n(Cc3c(Cl)cccc3Cl)c(=O)n2C)cc1. The Balaban J connectivity index is 1.66. The van der Waals surface area contributed by atoms with Crippen molar-refractivity contribution in [3.05, 3.63) is 84.5 Å². The first-order valence-corrected chi connectivity index (χ1v) is 11.2. The molecule has 0 amide bonds. The Morgan fingerprint density at radius 1 is 1.00 bits per heavy atom. The van der Waals surface area contributed by atoms with Gasteiger partial charge < -0.3 is 9.47 Å². The maximum Gasteiger partial charge on any atom is 0.332 e. The molecule has 9 heteroatoms. The van der Waals surface area contributed by atoms with E-state index < -0.39 is 11.2 Å². The predicted molar refractivity (Wildman–Crippen MR) is 128 cm³/mol. The predicted octanol–water partition coefficient (Wildman–Crippen LogP) is 3.97. The number of hydrogen-bond acceptors (Lipinski definition) is 4. The van der Waals surface area contributed by atoms with E-state index in [1.54, 1.807) is 25.2 Å². The van der Waals surface area contributed by atoms with Gasteiger partial charge in [-0.1, -0.05) is 48.3 Å². The van der Waals surface area contributed by atoms with E-state index in [1.807, 2.05) is 4.57 Å². The van der Waals surface area contributed by atoms with Crippen molar-refractivity contribution >= 4 is 46.0 Å². The quantitative estimate of drug-likeness (QED) is 0.453. The number of anilines is 2. The molecule has 2 aromatic heterocycles. The van der Waals surface area contributed by atoms with Gasteiger partial charge in [0.1, 0.15) is 0 Å². The molecule has 0 saturated heterocycles. The molecule has 0 radical (unpaired) electrons. The van der Waals surface area contributed by atoms with E-state index in [-0.39, 0.29) is 6.54 Å². The normalized spacial score (nSPS) is 13.2. The number of rotatable bonds is 4. The maximum atomic E-state index is 13.5. The summed E-state index contributed by atoms with van der Waals surface area (Å²) in [6.45, 7) is 3.40. The van der Waals surface area contributed by atoms with Crippen molar-refractivity contribution < 1.29 is 0 Å². The van der Waals surface area contributed by atoms with Crippen LogP contribution in [0.25, 0.3) is 11.2 Å². The molecule has 7 nitrogen and oxygen atoms in total. The Kier molecular flexibility index (Phi) is 5.10. The first-order valence-electron chi connectivity index (χ1n) is 10.4. The van der Waals surface area contributed by atoms with Crippen molar-refractivity contribution in [3.8, 4) is 0 Å². The highest BCUT2D eigenvalue weighted by Crippen LogP contribution is 2.32. The fourth-order valence-electron chi connectivity index (χ4n) is 4.22. The van der Waals surface area contributed by atoms with Crippen molar-refractivity contribution in [2.45, 2.75) is 26.4 Å². The van der Waals surface area contributed by atoms with Crippen LogP contribution in [0.2, 0.25) is 10.0 Å². The summed E-state index contributed by atoms with van der Waals surface area (Å²) in [5, 5.41) is 0.818. The van der Waals surface area contributed by atoms with Crippen molar-refractivity contribution in [2.75, 3.05) is 11.4 Å². The summed E-state index contributed by atoms with van der Waals surface area (Å²) >= 11 is 12.6.